The van der Waals surface area contributed by atoms with E-state index in [1.54, 1.807) is 0 Å². The molecular formula is C20H33IN4O. The molecule has 0 unspecified atom stereocenters. The molecule has 0 aliphatic heterocycles. The zero-order valence-electron chi connectivity index (χ0n) is 16.2. The molecule has 1 aliphatic carbocycles. The highest BCUT2D eigenvalue weighted by molar-refractivity contribution is 14.0. The number of nitrogens with zero attached hydrogens (tertiary/aromatic N) is 1. The van der Waals surface area contributed by atoms with Gasteiger partial charge in [0.1, 0.15) is 0 Å². The number of guanidine groups is 1. The summed E-state index contributed by atoms with van der Waals surface area (Å²) in [4.78, 5) is 15.8. The number of rotatable bonds is 8. The number of aliphatic imine (C=N–C) groups is 1. The van der Waals surface area contributed by atoms with Crippen molar-refractivity contribution < 1.29 is 4.79 Å². The van der Waals surface area contributed by atoms with Crippen LogP contribution >= 0.6 is 24.0 Å². The Bertz CT molecular complexity index is 576. The Hall–Kier alpha value is -1.31. The first kappa shape index (κ1) is 22.7. The van der Waals surface area contributed by atoms with Gasteiger partial charge in [-0.15, -0.1) is 24.0 Å². The molecule has 0 heterocycles. The fourth-order valence-corrected chi connectivity index (χ4v) is 3.17. The van der Waals surface area contributed by atoms with Crippen LogP contribution in [0, 0.1) is 5.41 Å². The quantitative estimate of drug-likeness (QED) is 0.305. The Morgan fingerprint density at radius 3 is 2.35 bits per heavy atom. The van der Waals surface area contributed by atoms with Crippen LogP contribution < -0.4 is 16.0 Å². The van der Waals surface area contributed by atoms with E-state index in [-0.39, 0.29) is 29.9 Å². The van der Waals surface area contributed by atoms with Crippen molar-refractivity contribution in [2.75, 3.05) is 25.0 Å². The van der Waals surface area contributed by atoms with Crippen LogP contribution in [0.2, 0.25) is 0 Å². The molecule has 1 aliphatic rings. The van der Waals surface area contributed by atoms with Crippen LogP contribution in [0.4, 0.5) is 5.69 Å². The van der Waals surface area contributed by atoms with Crippen molar-refractivity contribution in [1.82, 2.24) is 10.6 Å². The number of anilines is 1. The number of halogens is 1. The highest BCUT2D eigenvalue weighted by Gasteiger charge is 2.34. The van der Waals surface area contributed by atoms with Crippen LogP contribution in [0.25, 0.3) is 0 Å². The van der Waals surface area contributed by atoms with Gasteiger partial charge in [-0.1, -0.05) is 25.5 Å². The first-order valence-corrected chi connectivity index (χ1v) is 9.45. The van der Waals surface area contributed by atoms with E-state index in [0.29, 0.717) is 5.41 Å². The summed E-state index contributed by atoms with van der Waals surface area (Å²) in [5, 5.41) is 9.55. The van der Waals surface area contributed by atoms with Gasteiger partial charge in [0.05, 0.1) is 0 Å². The van der Waals surface area contributed by atoms with Crippen LogP contribution in [-0.4, -0.2) is 31.5 Å². The Kier molecular flexibility index (Phi) is 9.98. The largest absolute Gasteiger partial charge is 0.357 e. The first-order chi connectivity index (χ1) is 12.1. The van der Waals surface area contributed by atoms with E-state index in [0.717, 1.165) is 37.7 Å². The number of carbonyl (C=O) groups is 1. The minimum absolute atomic E-state index is 0. The predicted molar refractivity (Wildman–Crippen MR) is 120 cm³/mol. The summed E-state index contributed by atoms with van der Waals surface area (Å²) < 4.78 is 0. The van der Waals surface area contributed by atoms with Crippen molar-refractivity contribution in [1.29, 1.82) is 0 Å². The zero-order chi connectivity index (χ0) is 18.1. The van der Waals surface area contributed by atoms with Gasteiger partial charge in [-0.05, 0) is 55.7 Å². The number of hydrogen-bond acceptors (Lipinski definition) is 2. The lowest BCUT2D eigenvalue weighted by Crippen LogP contribution is -2.40. The molecule has 0 aromatic heterocycles. The molecule has 6 heteroatoms. The van der Waals surface area contributed by atoms with Gasteiger partial charge < -0.3 is 16.0 Å². The van der Waals surface area contributed by atoms with Gasteiger partial charge in [-0.2, -0.15) is 0 Å². The van der Waals surface area contributed by atoms with Gasteiger partial charge in [-0.3, -0.25) is 9.79 Å². The van der Waals surface area contributed by atoms with Crippen molar-refractivity contribution in [3.05, 3.63) is 29.8 Å². The normalized spacial score (nSPS) is 15.4. The van der Waals surface area contributed by atoms with E-state index in [4.69, 9.17) is 4.99 Å². The van der Waals surface area contributed by atoms with E-state index in [9.17, 15) is 4.79 Å². The first-order valence-electron chi connectivity index (χ1n) is 9.45. The molecule has 3 N–H and O–H groups in total. The third-order valence-electron chi connectivity index (χ3n) is 5.06. The van der Waals surface area contributed by atoms with Crippen molar-refractivity contribution in [2.24, 2.45) is 10.4 Å². The molecule has 0 radical (unpaired) electrons. The average Bonchev–Trinajstić information content (AvgIpc) is 2.55. The summed E-state index contributed by atoms with van der Waals surface area (Å²) in [6, 6.07) is 7.99. The van der Waals surface area contributed by atoms with E-state index < -0.39 is 0 Å². The maximum atomic E-state index is 11.0. The standard InChI is InChI=1S/C20H32N4O.HI/c1-4-20(12-6-13-20)15-23-19(21-5-2)22-14-11-17-7-9-18(10-8-17)24-16(3)25;/h7-10H,4-6,11-15H2,1-3H3,(H,24,25)(H2,21,22,23);1H. The fraction of sp³-hybridized carbons (Fsp3) is 0.600. The zero-order valence-corrected chi connectivity index (χ0v) is 18.6. The smallest absolute Gasteiger partial charge is 0.221 e. The molecule has 2 rings (SSSR count). The Morgan fingerprint density at radius 2 is 1.85 bits per heavy atom. The molecular weight excluding hydrogens is 439 g/mol. The van der Waals surface area contributed by atoms with E-state index in [1.807, 2.05) is 12.1 Å². The fourth-order valence-electron chi connectivity index (χ4n) is 3.17. The van der Waals surface area contributed by atoms with Gasteiger partial charge in [0.15, 0.2) is 5.96 Å². The number of amides is 1. The third-order valence-corrected chi connectivity index (χ3v) is 5.06. The lowest BCUT2D eigenvalue weighted by Gasteiger charge is -2.40. The van der Waals surface area contributed by atoms with E-state index >= 15 is 0 Å². The number of benzene rings is 1. The molecule has 26 heavy (non-hydrogen) atoms. The van der Waals surface area contributed by atoms with Gasteiger partial charge >= 0.3 is 0 Å². The maximum Gasteiger partial charge on any atom is 0.221 e. The molecule has 1 amide bonds. The van der Waals surface area contributed by atoms with Gasteiger partial charge in [0.25, 0.3) is 0 Å². The molecule has 0 spiro atoms. The van der Waals surface area contributed by atoms with Crippen molar-refractivity contribution in [3.8, 4) is 0 Å². The molecule has 0 saturated heterocycles. The van der Waals surface area contributed by atoms with Crippen LogP contribution in [0.15, 0.2) is 29.3 Å². The van der Waals surface area contributed by atoms with Crippen molar-refractivity contribution in [2.45, 2.75) is 52.9 Å². The molecule has 0 atom stereocenters. The maximum absolute atomic E-state index is 11.0. The summed E-state index contributed by atoms with van der Waals surface area (Å²) in [7, 11) is 0. The molecule has 1 aromatic carbocycles. The number of carbonyl (C=O) groups excluding carboxylic acids is 1. The second-order valence-corrected chi connectivity index (χ2v) is 6.96. The van der Waals surface area contributed by atoms with Crippen LogP contribution in [-0.2, 0) is 11.2 Å². The summed E-state index contributed by atoms with van der Waals surface area (Å²) in [6.07, 6.45) is 6.11. The second-order valence-electron chi connectivity index (χ2n) is 6.96. The molecule has 1 saturated carbocycles. The highest BCUT2D eigenvalue weighted by atomic mass is 127. The van der Waals surface area contributed by atoms with E-state index in [2.05, 4.69) is 41.9 Å². The molecule has 1 aromatic rings. The average molecular weight is 472 g/mol. The molecule has 5 nitrogen and oxygen atoms in total. The van der Waals surface area contributed by atoms with Crippen LogP contribution in [0.3, 0.4) is 0 Å². The summed E-state index contributed by atoms with van der Waals surface area (Å²) in [6.45, 7) is 8.52. The minimum atomic E-state index is -0.0442. The monoisotopic (exact) mass is 472 g/mol. The number of hydrogen-bond donors (Lipinski definition) is 3. The van der Waals surface area contributed by atoms with E-state index in [1.165, 1.54) is 38.2 Å². The molecule has 0 bridgehead atoms. The second kappa shape index (κ2) is 11.4. The predicted octanol–water partition coefficient (Wildman–Crippen LogP) is 3.94. The van der Waals surface area contributed by atoms with Crippen molar-refractivity contribution >= 4 is 41.5 Å². The summed E-state index contributed by atoms with van der Waals surface area (Å²) in [5.41, 5.74) is 2.52. The van der Waals surface area contributed by atoms with Crippen LogP contribution in [0.5, 0.6) is 0 Å². The van der Waals surface area contributed by atoms with Gasteiger partial charge in [0, 0.05) is 32.2 Å². The highest BCUT2D eigenvalue weighted by Crippen LogP contribution is 2.43. The number of nitrogens with one attached hydrogen (secondary N) is 3. The van der Waals surface area contributed by atoms with Crippen molar-refractivity contribution in [3.63, 3.8) is 0 Å². The minimum Gasteiger partial charge on any atom is -0.357 e. The lowest BCUT2D eigenvalue weighted by atomic mass is 9.67. The third kappa shape index (κ3) is 7.13. The molecule has 1 fully saturated rings. The summed E-state index contributed by atoms with van der Waals surface area (Å²) in [5.74, 6) is 0.870. The summed E-state index contributed by atoms with van der Waals surface area (Å²) >= 11 is 0. The Balaban J connectivity index is 0.00000338. The molecule has 146 valence electrons. The van der Waals surface area contributed by atoms with Crippen LogP contribution in [0.1, 0.15) is 52.0 Å². The van der Waals surface area contributed by atoms with Gasteiger partial charge in [-0.25, -0.2) is 0 Å². The SMILES string of the molecule is CCNC(=NCC1(CC)CCC1)NCCc1ccc(NC(C)=O)cc1.I. The Morgan fingerprint density at radius 1 is 1.15 bits per heavy atom. The van der Waals surface area contributed by atoms with Gasteiger partial charge in [0.2, 0.25) is 5.91 Å². The Labute approximate surface area is 174 Å². The lowest BCUT2D eigenvalue weighted by molar-refractivity contribution is -0.114. The topological polar surface area (TPSA) is 65.5 Å².